The summed E-state index contributed by atoms with van der Waals surface area (Å²) in [5.41, 5.74) is 0.781. The Labute approximate surface area is 83.1 Å². The summed E-state index contributed by atoms with van der Waals surface area (Å²) in [5, 5.41) is 0. The van der Waals surface area contributed by atoms with Crippen molar-refractivity contribution in [1.29, 1.82) is 0 Å². The fourth-order valence-electron chi connectivity index (χ4n) is 4.68. The molecule has 0 aliphatic heterocycles. The van der Waals surface area contributed by atoms with Crippen LogP contribution in [0.3, 0.4) is 0 Å². The van der Waals surface area contributed by atoms with Crippen molar-refractivity contribution in [3.8, 4) is 0 Å². The van der Waals surface area contributed by atoms with Crippen molar-refractivity contribution in [3.05, 3.63) is 0 Å². The molecule has 0 saturated heterocycles. The second-order valence-corrected chi connectivity index (χ2v) is 6.14. The predicted molar refractivity (Wildman–Crippen MR) is 57.6 cm³/mol. The molecule has 4 bridgehead atoms. The lowest BCUT2D eigenvalue weighted by Gasteiger charge is -2.58. The number of hydrogen-bond donors (Lipinski definition) is 0. The molecule has 4 aliphatic carbocycles. The van der Waals surface area contributed by atoms with Crippen LogP contribution in [0.5, 0.6) is 0 Å². The Hall–Kier alpha value is 0. The zero-order chi connectivity index (χ0) is 8.34. The Kier molecular flexibility index (Phi) is 2.02. The first kappa shape index (κ1) is 9.55. The van der Waals surface area contributed by atoms with E-state index >= 15 is 0 Å². The SMILES string of the molecule is C.CC1C2CC3CC1CC(C)(C3)C2. The van der Waals surface area contributed by atoms with Crippen molar-refractivity contribution in [1.82, 2.24) is 0 Å². The monoisotopic (exact) mass is 180 g/mol. The van der Waals surface area contributed by atoms with Crippen LogP contribution in [0.2, 0.25) is 0 Å². The van der Waals surface area contributed by atoms with Gasteiger partial charge in [0.05, 0.1) is 0 Å². The van der Waals surface area contributed by atoms with E-state index in [2.05, 4.69) is 13.8 Å². The maximum absolute atomic E-state index is 2.55. The van der Waals surface area contributed by atoms with Gasteiger partial charge in [0.1, 0.15) is 0 Å². The molecule has 4 aliphatic rings. The molecule has 0 aromatic carbocycles. The van der Waals surface area contributed by atoms with Crippen molar-refractivity contribution in [2.24, 2.45) is 29.1 Å². The minimum atomic E-state index is 0. The Balaban J connectivity index is 0.000000653. The molecule has 0 heteroatoms. The van der Waals surface area contributed by atoms with E-state index in [0.717, 1.165) is 29.1 Å². The van der Waals surface area contributed by atoms with Crippen LogP contribution in [0.15, 0.2) is 0 Å². The first-order valence-corrected chi connectivity index (χ1v) is 5.66. The first-order chi connectivity index (χ1) is 5.66. The van der Waals surface area contributed by atoms with E-state index in [1.54, 1.807) is 32.1 Å². The lowest BCUT2D eigenvalue weighted by molar-refractivity contribution is -0.0796. The summed E-state index contributed by atoms with van der Waals surface area (Å²) in [6, 6.07) is 0. The van der Waals surface area contributed by atoms with Gasteiger partial charge in [0.25, 0.3) is 0 Å². The van der Waals surface area contributed by atoms with E-state index in [-0.39, 0.29) is 7.43 Å². The van der Waals surface area contributed by atoms with E-state index in [9.17, 15) is 0 Å². The standard InChI is InChI=1S/C12H20.CH4/c1-8-10-3-9-4-11(8)7-12(2,5-9)6-10;/h8-11H,3-7H2,1-2H3;1H4. The molecule has 76 valence electrons. The van der Waals surface area contributed by atoms with Gasteiger partial charge in [-0.25, -0.2) is 0 Å². The molecule has 2 atom stereocenters. The molecule has 0 radical (unpaired) electrons. The van der Waals surface area contributed by atoms with Crippen molar-refractivity contribution < 1.29 is 0 Å². The Morgan fingerprint density at radius 2 is 1.54 bits per heavy atom. The van der Waals surface area contributed by atoms with Gasteiger partial charge in [0, 0.05) is 0 Å². The van der Waals surface area contributed by atoms with Crippen LogP contribution in [-0.2, 0) is 0 Å². The Bertz CT molecular complexity index is 190. The summed E-state index contributed by atoms with van der Waals surface area (Å²) in [4.78, 5) is 0. The van der Waals surface area contributed by atoms with Crippen LogP contribution in [0.1, 0.15) is 53.4 Å². The maximum atomic E-state index is 2.55. The average molecular weight is 180 g/mol. The summed E-state index contributed by atoms with van der Waals surface area (Å²) in [5.74, 6) is 4.42. The molecule has 0 aromatic rings. The molecular weight excluding hydrogens is 156 g/mol. The zero-order valence-electron chi connectivity index (χ0n) is 8.34. The van der Waals surface area contributed by atoms with Crippen LogP contribution >= 0.6 is 0 Å². The van der Waals surface area contributed by atoms with Gasteiger partial charge in [0.2, 0.25) is 0 Å². The fourth-order valence-corrected chi connectivity index (χ4v) is 4.68. The molecule has 0 N–H and O–H groups in total. The smallest absolute Gasteiger partial charge is 0.0318 e. The van der Waals surface area contributed by atoms with Crippen molar-refractivity contribution in [2.45, 2.75) is 53.4 Å². The highest BCUT2D eigenvalue weighted by molar-refractivity contribution is 5.01. The van der Waals surface area contributed by atoms with Gasteiger partial charge in [-0.15, -0.1) is 0 Å². The lowest BCUT2D eigenvalue weighted by atomic mass is 9.47. The highest BCUT2D eigenvalue weighted by Crippen LogP contribution is 2.61. The maximum Gasteiger partial charge on any atom is -0.0318 e. The Morgan fingerprint density at radius 1 is 1.00 bits per heavy atom. The van der Waals surface area contributed by atoms with Crippen LogP contribution in [0, 0.1) is 29.1 Å². The molecule has 0 aromatic heterocycles. The minimum Gasteiger partial charge on any atom is -0.0776 e. The van der Waals surface area contributed by atoms with Gasteiger partial charge < -0.3 is 0 Å². The normalized spacial score (nSPS) is 57.7. The van der Waals surface area contributed by atoms with Crippen LogP contribution < -0.4 is 0 Å². The van der Waals surface area contributed by atoms with Gasteiger partial charge in [-0.2, -0.15) is 0 Å². The van der Waals surface area contributed by atoms with E-state index in [0.29, 0.717) is 0 Å². The third kappa shape index (κ3) is 1.25. The summed E-state index contributed by atoms with van der Waals surface area (Å²) in [6.07, 6.45) is 7.83. The van der Waals surface area contributed by atoms with E-state index in [1.165, 1.54) is 0 Å². The molecule has 0 heterocycles. The minimum absolute atomic E-state index is 0. The van der Waals surface area contributed by atoms with E-state index in [1.807, 2.05) is 0 Å². The topological polar surface area (TPSA) is 0 Å². The molecule has 0 nitrogen and oxygen atoms in total. The van der Waals surface area contributed by atoms with Gasteiger partial charge >= 0.3 is 0 Å². The molecule has 0 amide bonds. The summed E-state index contributed by atoms with van der Waals surface area (Å²) in [6.45, 7) is 5.06. The lowest BCUT2D eigenvalue weighted by Crippen LogP contribution is -2.48. The molecule has 0 spiro atoms. The van der Waals surface area contributed by atoms with Gasteiger partial charge in [-0.3, -0.25) is 0 Å². The molecule has 4 rings (SSSR count). The summed E-state index contributed by atoms with van der Waals surface area (Å²) in [7, 11) is 0. The third-order valence-corrected chi connectivity index (χ3v) is 5.05. The van der Waals surface area contributed by atoms with Crippen molar-refractivity contribution >= 4 is 0 Å². The second kappa shape index (κ2) is 2.74. The van der Waals surface area contributed by atoms with Crippen LogP contribution in [0.4, 0.5) is 0 Å². The van der Waals surface area contributed by atoms with Gasteiger partial charge in [-0.05, 0) is 61.2 Å². The fraction of sp³-hybridized carbons (Fsp3) is 1.00. The van der Waals surface area contributed by atoms with E-state index < -0.39 is 0 Å². The van der Waals surface area contributed by atoms with Crippen molar-refractivity contribution in [3.63, 3.8) is 0 Å². The third-order valence-electron chi connectivity index (χ3n) is 5.05. The second-order valence-electron chi connectivity index (χ2n) is 6.14. The van der Waals surface area contributed by atoms with Gasteiger partial charge in [0.15, 0.2) is 0 Å². The van der Waals surface area contributed by atoms with E-state index in [4.69, 9.17) is 0 Å². The number of rotatable bonds is 0. The summed E-state index contributed by atoms with van der Waals surface area (Å²) < 4.78 is 0. The predicted octanol–water partition coefficient (Wildman–Crippen LogP) is 4.10. The highest BCUT2D eigenvalue weighted by Gasteiger charge is 2.51. The van der Waals surface area contributed by atoms with Crippen LogP contribution in [0.25, 0.3) is 0 Å². The summed E-state index contributed by atoms with van der Waals surface area (Å²) >= 11 is 0. The molecule has 2 unspecified atom stereocenters. The Morgan fingerprint density at radius 3 is 2.00 bits per heavy atom. The molecule has 13 heavy (non-hydrogen) atoms. The molecule has 4 fully saturated rings. The zero-order valence-corrected chi connectivity index (χ0v) is 8.34. The average Bonchev–Trinajstić information content (AvgIpc) is 1.96. The quantitative estimate of drug-likeness (QED) is 0.526. The first-order valence-electron chi connectivity index (χ1n) is 5.66. The number of hydrogen-bond acceptors (Lipinski definition) is 0. The molecular formula is C13H24. The largest absolute Gasteiger partial charge is 0.0776 e. The molecule has 4 saturated carbocycles. The van der Waals surface area contributed by atoms with Crippen molar-refractivity contribution in [2.75, 3.05) is 0 Å². The van der Waals surface area contributed by atoms with Gasteiger partial charge in [-0.1, -0.05) is 21.3 Å². The highest BCUT2D eigenvalue weighted by atomic mass is 14.6. The van der Waals surface area contributed by atoms with Crippen LogP contribution in [-0.4, -0.2) is 0 Å².